The molecule has 19 heavy (non-hydrogen) atoms. The molecule has 0 aromatic heterocycles. The molecule has 0 bridgehead atoms. The average Bonchev–Trinajstić information content (AvgIpc) is 3.12. The first-order chi connectivity index (χ1) is 8.97. The molecule has 0 atom stereocenters. The molecule has 1 saturated carbocycles. The highest BCUT2D eigenvalue weighted by Crippen LogP contribution is 2.20. The van der Waals surface area contributed by atoms with Gasteiger partial charge in [0.15, 0.2) is 0 Å². The molecule has 2 rings (SSSR count). The van der Waals surface area contributed by atoms with E-state index in [1.165, 1.54) is 6.07 Å². The standard InChI is InChI=1S/C12H17N3O3S/c13-19(17,18)11-4-2-1-3-10(11)14-8-7-12(16)15-9-5-6-9/h1-4,9,14H,5-8H2,(H,15,16)(H2,13,17,18). The molecular weight excluding hydrogens is 266 g/mol. The second kappa shape index (κ2) is 5.58. The van der Waals surface area contributed by atoms with Crippen molar-refractivity contribution in [2.75, 3.05) is 11.9 Å². The van der Waals surface area contributed by atoms with E-state index in [1.807, 2.05) is 0 Å². The second-order valence-corrected chi connectivity index (χ2v) is 6.09. The van der Waals surface area contributed by atoms with E-state index >= 15 is 0 Å². The molecule has 1 aromatic rings. The minimum Gasteiger partial charge on any atom is -0.383 e. The van der Waals surface area contributed by atoms with Gasteiger partial charge in [0.05, 0.1) is 5.69 Å². The van der Waals surface area contributed by atoms with Gasteiger partial charge in [-0.05, 0) is 25.0 Å². The predicted molar refractivity (Wildman–Crippen MR) is 72.1 cm³/mol. The van der Waals surface area contributed by atoms with Gasteiger partial charge in [-0.15, -0.1) is 0 Å². The SMILES string of the molecule is NS(=O)(=O)c1ccccc1NCCC(=O)NC1CC1. The molecule has 7 heteroatoms. The number of carbonyl (C=O) groups is 1. The maximum atomic E-state index is 11.5. The summed E-state index contributed by atoms with van der Waals surface area (Å²) in [7, 11) is -3.76. The Morgan fingerprint density at radius 3 is 2.63 bits per heavy atom. The van der Waals surface area contributed by atoms with Gasteiger partial charge < -0.3 is 10.6 Å². The maximum Gasteiger partial charge on any atom is 0.240 e. The van der Waals surface area contributed by atoms with Crippen LogP contribution in [0.15, 0.2) is 29.2 Å². The zero-order chi connectivity index (χ0) is 13.9. The normalized spacial score (nSPS) is 15.0. The fourth-order valence-electron chi connectivity index (χ4n) is 1.70. The number of primary sulfonamides is 1. The number of nitrogens with one attached hydrogen (secondary N) is 2. The quantitative estimate of drug-likeness (QED) is 0.704. The molecule has 0 radical (unpaired) electrons. The number of amides is 1. The van der Waals surface area contributed by atoms with Crippen LogP contribution in [0.1, 0.15) is 19.3 Å². The molecular formula is C12H17N3O3S. The van der Waals surface area contributed by atoms with Crippen molar-refractivity contribution in [3.8, 4) is 0 Å². The van der Waals surface area contributed by atoms with E-state index in [-0.39, 0.29) is 10.8 Å². The van der Waals surface area contributed by atoms with Gasteiger partial charge in [-0.2, -0.15) is 0 Å². The van der Waals surface area contributed by atoms with Crippen LogP contribution in [0.5, 0.6) is 0 Å². The Morgan fingerprint density at radius 1 is 1.32 bits per heavy atom. The molecule has 0 heterocycles. The van der Waals surface area contributed by atoms with E-state index in [4.69, 9.17) is 5.14 Å². The highest BCUT2D eigenvalue weighted by Gasteiger charge is 2.22. The van der Waals surface area contributed by atoms with Gasteiger partial charge in [0.2, 0.25) is 15.9 Å². The van der Waals surface area contributed by atoms with Gasteiger partial charge in [-0.3, -0.25) is 4.79 Å². The van der Waals surface area contributed by atoms with E-state index in [2.05, 4.69) is 10.6 Å². The molecule has 1 aliphatic rings. The molecule has 1 amide bonds. The second-order valence-electron chi connectivity index (χ2n) is 4.56. The number of hydrogen-bond donors (Lipinski definition) is 3. The molecule has 0 saturated heterocycles. The van der Waals surface area contributed by atoms with Gasteiger partial charge >= 0.3 is 0 Å². The van der Waals surface area contributed by atoms with Crippen LogP contribution in [0.4, 0.5) is 5.69 Å². The minimum absolute atomic E-state index is 0.0249. The third-order valence-electron chi connectivity index (χ3n) is 2.80. The molecule has 6 nitrogen and oxygen atoms in total. The Balaban J connectivity index is 1.90. The number of hydrogen-bond acceptors (Lipinski definition) is 4. The van der Waals surface area contributed by atoms with Gasteiger partial charge in [0.25, 0.3) is 0 Å². The number of anilines is 1. The summed E-state index contributed by atoms with van der Waals surface area (Å²) in [5.41, 5.74) is 0.421. The van der Waals surface area contributed by atoms with Crippen molar-refractivity contribution in [3.63, 3.8) is 0 Å². The van der Waals surface area contributed by atoms with Crippen LogP contribution in [0.3, 0.4) is 0 Å². The van der Waals surface area contributed by atoms with Crippen LogP contribution in [0.2, 0.25) is 0 Å². The lowest BCUT2D eigenvalue weighted by atomic mass is 10.3. The summed E-state index contributed by atoms with van der Waals surface area (Å²) in [4.78, 5) is 11.5. The fraction of sp³-hybridized carbons (Fsp3) is 0.417. The first kappa shape index (κ1) is 13.8. The maximum absolute atomic E-state index is 11.5. The average molecular weight is 283 g/mol. The van der Waals surface area contributed by atoms with Crippen LogP contribution >= 0.6 is 0 Å². The molecule has 4 N–H and O–H groups in total. The number of carbonyl (C=O) groups excluding carboxylic acids is 1. The number of sulfonamides is 1. The molecule has 0 aliphatic heterocycles. The number of para-hydroxylation sites is 1. The van der Waals surface area contributed by atoms with E-state index in [9.17, 15) is 13.2 Å². The smallest absolute Gasteiger partial charge is 0.240 e. The van der Waals surface area contributed by atoms with Gasteiger partial charge in [-0.1, -0.05) is 12.1 Å². The third-order valence-corrected chi connectivity index (χ3v) is 3.77. The summed E-state index contributed by atoms with van der Waals surface area (Å²) in [6.07, 6.45) is 2.40. The third kappa shape index (κ3) is 4.22. The molecule has 1 aliphatic carbocycles. The topological polar surface area (TPSA) is 101 Å². The van der Waals surface area contributed by atoms with Crippen molar-refractivity contribution in [3.05, 3.63) is 24.3 Å². The number of benzene rings is 1. The first-order valence-corrected chi connectivity index (χ1v) is 7.66. The van der Waals surface area contributed by atoms with Gasteiger partial charge in [-0.25, -0.2) is 13.6 Å². The van der Waals surface area contributed by atoms with E-state index in [1.54, 1.807) is 18.2 Å². The lowest BCUT2D eigenvalue weighted by Gasteiger charge is -2.10. The molecule has 104 valence electrons. The monoisotopic (exact) mass is 283 g/mol. The summed E-state index contributed by atoms with van der Waals surface area (Å²) in [6.45, 7) is 0.366. The van der Waals surface area contributed by atoms with Crippen molar-refractivity contribution >= 4 is 21.6 Å². The Hall–Kier alpha value is -1.60. The minimum atomic E-state index is -3.76. The zero-order valence-corrected chi connectivity index (χ0v) is 11.2. The number of rotatable bonds is 6. The number of nitrogens with two attached hydrogens (primary N) is 1. The lowest BCUT2D eigenvalue weighted by molar-refractivity contribution is -0.120. The summed E-state index contributed by atoms with van der Waals surface area (Å²) in [5.74, 6) is -0.0249. The summed E-state index contributed by atoms with van der Waals surface area (Å²) in [6, 6.07) is 6.70. The summed E-state index contributed by atoms with van der Waals surface area (Å²) >= 11 is 0. The molecule has 0 spiro atoms. The van der Waals surface area contributed by atoms with Crippen molar-refractivity contribution in [2.45, 2.75) is 30.2 Å². The van der Waals surface area contributed by atoms with E-state index in [0.717, 1.165) is 12.8 Å². The molecule has 1 fully saturated rings. The van der Waals surface area contributed by atoms with Crippen LogP contribution in [-0.2, 0) is 14.8 Å². The van der Waals surface area contributed by atoms with Crippen molar-refractivity contribution in [2.24, 2.45) is 5.14 Å². The van der Waals surface area contributed by atoms with Gasteiger partial charge in [0, 0.05) is 19.0 Å². The van der Waals surface area contributed by atoms with Crippen molar-refractivity contribution < 1.29 is 13.2 Å². The van der Waals surface area contributed by atoms with Gasteiger partial charge in [0.1, 0.15) is 4.90 Å². The van der Waals surface area contributed by atoms with Crippen LogP contribution in [0, 0.1) is 0 Å². The van der Waals surface area contributed by atoms with Crippen LogP contribution < -0.4 is 15.8 Å². The summed E-state index contributed by atoms with van der Waals surface area (Å²) in [5, 5.41) is 10.9. The highest BCUT2D eigenvalue weighted by molar-refractivity contribution is 7.89. The van der Waals surface area contributed by atoms with Crippen molar-refractivity contribution in [1.29, 1.82) is 0 Å². The largest absolute Gasteiger partial charge is 0.383 e. The zero-order valence-electron chi connectivity index (χ0n) is 10.4. The van der Waals surface area contributed by atoms with E-state index < -0.39 is 10.0 Å². The van der Waals surface area contributed by atoms with Crippen molar-refractivity contribution in [1.82, 2.24) is 5.32 Å². The lowest BCUT2D eigenvalue weighted by Crippen LogP contribution is -2.27. The van der Waals surface area contributed by atoms with E-state index in [0.29, 0.717) is 24.7 Å². The Kier molecular flexibility index (Phi) is 4.06. The Bertz CT molecular complexity index is 567. The Labute approximate surface area is 112 Å². The summed E-state index contributed by atoms with van der Waals surface area (Å²) < 4.78 is 22.7. The van der Waals surface area contributed by atoms with Crippen LogP contribution in [0.25, 0.3) is 0 Å². The first-order valence-electron chi connectivity index (χ1n) is 6.12. The highest BCUT2D eigenvalue weighted by atomic mass is 32.2. The Morgan fingerprint density at radius 2 is 2.00 bits per heavy atom. The molecule has 0 unspecified atom stereocenters. The predicted octanol–water partition coefficient (Wildman–Crippen LogP) is 0.415. The van der Waals surface area contributed by atoms with Crippen LogP contribution in [-0.4, -0.2) is 26.9 Å². The fourth-order valence-corrected chi connectivity index (χ4v) is 2.41. The molecule has 1 aromatic carbocycles.